The average molecular weight is 177 g/mol. The highest BCUT2D eigenvalue weighted by molar-refractivity contribution is 5.95. The molecule has 3 N–H and O–H groups in total. The van der Waals surface area contributed by atoms with Crippen molar-refractivity contribution in [3.8, 4) is 6.07 Å². The Balaban J connectivity index is 3.60. The van der Waals surface area contributed by atoms with E-state index in [0.29, 0.717) is 5.69 Å². The van der Waals surface area contributed by atoms with Gasteiger partial charge in [0.2, 0.25) is 5.91 Å². The Morgan fingerprint density at radius 2 is 2.31 bits per heavy atom. The largest absolute Gasteiger partial charge is 0.366 e. The van der Waals surface area contributed by atoms with Crippen molar-refractivity contribution in [3.05, 3.63) is 33.2 Å². The summed E-state index contributed by atoms with van der Waals surface area (Å²) in [6.07, 6.45) is 0. The molecule has 0 aliphatic carbocycles. The fourth-order valence-electron chi connectivity index (χ4n) is 0.994. The summed E-state index contributed by atoms with van der Waals surface area (Å²) in [5.41, 5.74) is 4.62. The van der Waals surface area contributed by atoms with Gasteiger partial charge < -0.3 is 10.7 Å². The number of nitrogens with two attached hydrogens (primary N) is 1. The van der Waals surface area contributed by atoms with Crippen LogP contribution in [0.1, 0.15) is 21.6 Å². The number of carbonyl (C=O) groups excluding carboxylic acids is 1. The minimum atomic E-state index is -0.772. The number of nitriles is 1. The van der Waals surface area contributed by atoms with E-state index in [0.717, 1.165) is 0 Å². The van der Waals surface area contributed by atoms with E-state index in [4.69, 9.17) is 11.0 Å². The summed E-state index contributed by atoms with van der Waals surface area (Å²) in [7, 11) is 0. The van der Waals surface area contributed by atoms with E-state index in [2.05, 4.69) is 4.98 Å². The maximum absolute atomic E-state index is 11.1. The minimum absolute atomic E-state index is 0.0382. The first-order chi connectivity index (χ1) is 6.06. The van der Waals surface area contributed by atoms with Crippen LogP contribution in [0.15, 0.2) is 10.9 Å². The standard InChI is InChI=1S/C8H7N3O2/c1-4-2-5(7(10)12)6(3-9)8(13)11-4/h2H,1H3,(H2,10,12)(H,11,13). The first-order valence-electron chi connectivity index (χ1n) is 3.50. The summed E-state index contributed by atoms with van der Waals surface area (Å²) in [5, 5.41) is 8.56. The maximum atomic E-state index is 11.1. The Labute approximate surface area is 73.8 Å². The number of aromatic amines is 1. The van der Waals surface area contributed by atoms with E-state index in [9.17, 15) is 9.59 Å². The Morgan fingerprint density at radius 1 is 1.69 bits per heavy atom. The first-order valence-corrected chi connectivity index (χ1v) is 3.50. The highest BCUT2D eigenvalue weighted by Crippen LogP contribution is 2.02. The van der Waals surface area contributed by atoms with Gasteiger partial charge in [-0.05, 0) is 13.0 Å². The van der Waals surface area contributed by atoms with Crippen LogP contribution in [-0.2, 0) is 0 Å². The molecule has 0 aromatic carbocycles. The van der Waals surface area contributed by atoms with Crippen LogP contribution in [0.2, 0.25) is 0 Å². The van der Waals surface area contributed by atoms with E-state index >= 15 is 0 Å². The smallest absolute Gasteiger partial charge is 0.266 e. The van der Waals surface area contributed by atoms with Crippen molar-refractivity contribution < 1.29 is 4.79 Å². The molecule has 5 heteroatoms. The maximum Gasteiger partial charge on any atom is 0.266 e. The van der Waals surface area contributed by atoms with Crippen molar-refractivity contribution >= 4 is 5.91 Å². The minimum Gasteiger partial charge on any atom is -0.366 e. The molecule has 0 saturated heterocycles. The number of amides is 1. The Bertz CT molecular complexity index is 453. The third-order valence-corrected chi connectivity index (χ3v) is 1.55. The lowest BCUT2D eigenvalue weighted by molar-refractivity contribution is 0.0999. The third kappa shape index (κ3) is 1.56. The van der Waals surface area contributed by atoms with Gasteiger partial charge in [-0.1, -0.05) is 0 Å². The molecule has 0 fully saturated rings. The Morgan fingerprint density at radius 3 is 2.77 bits per heavy atom. The summed E-state index contributed by atoms with van der Waals surface area (Å²) in [6, 6.07) is 3.01. The lowest BCUT2D eigenvalue weighted by Crippen LogP contribution is -2.21. The Kier molecular flexibility index (Phi) is 2.15. The van der Waals surface area contributed by atoms with E-state index in [1.807, 2.05) is 0 Å². The zero-order chi connectivity index (χ0) is 10.0. The normalized spacial score (nSPS) is 9.23. The lowest BCUT2D eigenvalue weighted by atomic mass is 10.1. The van der Waals surface area contributed by atoms with E-state index in [-0.39, 0.29) is 11.1 Å². The van der Waals surface area contributed by atoms with Gasteiger partial charge >= 0.3 is 0 Å². The van der Waals surface area contributed by atoms with Crippen LogP contribution in [0, 0.1) is 18.3 Å². The molecular formula is C8H7N3O2. The van der Waals surface area contributed by atoms with E-state index < -0.39 is 11.5 Å². The van der Waals surface area contributed by atoms with Crippen molar-refractivity contribution in [2.24, 2.45) is 5.73 Å². The van der Waals surface area contributed by atoms with Crippen LogP contribution >= 0.6 is 0 Å². The van der Waals surface area contributed by atoms with Crippen LogP contribution in [-0.4, -0.2) is 10.9 Å². The van der Waals surface area contributed by atoms with Crippen LogP contribution in [0.5, 0.6) is 0 Å². The fraction of sp³-hybridized carbons (Fsp3) is 0.125. The van der Waals surface area contributed by atoms with Gasteiger partial charge in [-0.2, -0.15) is 5.26 Å². The second-order valence-corrected chi connectivity index (χ2v) is 2.55. The van der Waals surface area contributed by atoms with Crippen LogP contribution in [0.3, 0.4) is 0 Å². The molecule has 1 heterocycles. The van der Waals surface area contributed by atoms with Crippen LogP contribution in [0.4, 0.5) is 0 Å². The molecule has 0 spiro atoms. The average Bonchev–Trinajstić information content (AvgIpc) is 2.02. The number of nitrogens with zero attached hydrogens (tertiary/aromatic N) is 1. The van der Waals surface area contributed by atoms with E-state index in [1.54, 1.807) is 13.0 Å². The molecule has 1 amide bonds. The van der Waals surface area contributed by atoms with Crippen LogP contribution in [0.25, 0.3) is 0 Å². The van der Waals surface area contributed by atoms with Gasteiger partial charge in [0.05, 0.1) is 5.56 Å². The van der Waals surface area contributed by atoms with Gasteiger partial charge in [-0.25, -0.2) is 0 Å². The summed E-state index contributed by atoms with van der Waals surface area (Å²) in [5.74, 6) is -0.772. The van der Waals surface area contributed by atoms with Crippen molar-refractivity contribution in [1.82, 2.24) is 4.98 Å². The molecule has 0 radical (unpaired) electrons. The summed E-state index contributed by atoms with van der Waals surface area (Å²) in [6.45, 7) is 1.61. The number of rotatable bonds is 1. The van der Waals surface area contributed by atoms with Crippen molar-refractivity contribution in [1.29, 1.82) is 5.26 Å². The molecule has 0 aliphatic heterocycles. The van der Waals surface area contributed by atoms with Gasteiger partial charge in [0, 0.05) is 5.69 Å². The monoisotopic (exact) mass is 177 g/mol. The Hall–Kier alpha value is -2.09. The molecule has 1 aromatic heterocycles. The molecule has 0 aliphatic rings. The zero-order valence-electron chi connectivity index (χ0n) is 6.92. The third-order valence-electron chi connectivity index (χ3n) is 1.55. The molecular weight excluding hydrogens is 170 g/mol. The number of nitrogens with one attached hydrogen (secondary N) is 1. The predicted molar refractivity (Wildman–Crippen MR) is 45.0 cm³/mol. The number of H-pyrrole nitrogens is 1. The molecule has 1 rings (SSSR count). The SMILES string of the molecule is Cc1cc(C(N)=O)c(C#N)c(=O)[nH]1. The molecule has 1 aromatic rings. The van der Waals surface area contributed by atoms with Gasteiger partial charge in [-0.15, -0.1) is 0 Å². The highest BCUT2D eigenvalue weighted by Gasteiger charge is 2.11. The van der Waals surface area contributed by atoms with Gasteiger partial charge in [0.25, 0.3) is 5.56 Å². The first kappa shape index (κ1) is 9.00. The molecule has 0 bridgehead atoms. The molecule has 0 unspecified atom stereocenters. The molecule has 0 atom stereocenters. The summed E-state index contributed by atoms with van der Waals surface area (Å²) >= 11 is 0. The van der Waals surface area contributed by atoms with Crippen LogP contribution < -0.4 is 11.3 Å². The second-order valence-electron chi connectivity index (χ2n) is 2.55. The summed E-state index contributed by atoms with van der Waals surface area (Å²) in [4.78, 5) is 24.3. The van der Waals surface area contributed by atoms with Crippen molar-refractivity contribution in [3.63, 3.8) is 0 Å². The lowest BCUT2D eigenvalue weighted by Gasteiger charge is -1.99. The fourth-order valence-corrected chi connectivity index (χ4v) is 0.994. The van der Waals surface area contributed by atoms with Gasteiger partial charge in [-0.3, -0.25) is 9.59 Å². The zero-order valence-corrected chi connectivity index (χ0v) is 6.92. The number of aryl methyl sites for hydroxylation is 1. The molecule has 0 saturated carbocycles. The molecule has 5 nitrogen and oxygen atoms in total. The topological polar surface area (TPSA) is 99.7 Å². The summed E-state index contributed by atoms with van der Waals surface area (Å²) < 4.78 is 0. The molecule has 13 heavy (non-hydrogen) atoms. The number of primary amides is 1. The number of hydrogen-bond donors (Lipinski definition) is 2. The second kappa shape index (κ2) is 3.11. The number of carbonyl (C=O) groups is 1. The van der Waals surface area contributed by atoms with Crippen molar-refractivity contribution in [2.45, 2.75) is 6.92 Å². The van der Waals surface area contributed by atoms with Gasteiger partial charge in [0.15, 0.2) is 0 Å². The molecule has 66 valence electrons. The highest BCUT2D eigenvalue weighted by atomic mass is 16.1. The van der Waals surface area contributed by atoms with Gasteiger partial charge in [0.1, 0.15) is 11.6 Å². The number of hydrogen-bond acceptors (Lipinski definition) is 3. The number of aromatic nitrogens is 1. The predicted octanol–water partition coefficient (Wildman–Crippen LogP) is -0.346. The van der Waals surface area contributed by atoms with Crippen molar-refractivity contribution in [2.75, 3.05) is 0 Å². The van der Waals surface area contributed by atoms with E-state index in [1.165, 1.54) is 6.07 Å². The number of pyridine rings is 1. The quantitative estimate of drug-likeness (QED) is 0.613.